The lowest BCUT2D eigenvalue weighted by atomic mass is 10.2. The van der Waals surface area contributed by atoms with Gasteiger partial charge >= 0.3 is 0 Å². The van der Waals surface area contributed by atoms with E-state index in [2.05, 4.69) is 16.4 Å². The monoisotopic (exact) mass is 245 g/mol. The first-order valence-corrected chi connectivity index (χ1v) is 6.46. The molecule has 0 unspecified atom stereocenters. The van der Waals surface area contributed by atoms with Crippen LogP contribution in [0.2, 0.25) is 0 Å². The molecule has 3 heterocycles. The van der Waals surface area contributed by atoms with Crippen LogP contribution in [-0.4, -0.2) is 11.3 Å². The van der Waals surface area contributed by atoms with E-state index in [0.717, 1.165) is 27.1 Å². The number of thiophene rings is 2. The number of pyridine rings is 1. The molecular formula is C12H7NOS2. The van der Waals surface area contributed by atoms with Crippen LogP contribution in [0.4, 0.5) is 0 Å². The molecular weight excluding hydrogens is 238 g/mol. The Bertz CT molecular complexity index is 654. The topological polar surface area (TPSA) is 30.0 Å². The van der Waals surface area contributed by atoms with Crippen LogP contribution in [0, 0.1) is 0 Å². The van der Waals surface area contributed by atoms with E-state index >= 15 is 0 Å². The summed E-state index contributed by atoms with van der Waals surface area (Å²) in [5.74, 6) is 0. The van der Waals surface area contributed by atoms with Crippen molar-refractivity contribution < 1.29 is 4.79 Å². The highest BCUT2D eigenvalue weighted by molar-refractivity contribution is 7.19. The highest BCUT2D eigenvalue weighted by Gasteiger charge is 2.09. The van der Waals surface area contributed by atoms with E-state index in [1.807, 2.05) is 18.2 Å². The van der Waals surface area contributed by atoms with Gasteiger partial charge in [-0.15, -0.1) is 22.7 Å². The molecule has 3 rings (SSSR count). The second-order valence-corrected chi connectivity index (χ2v) is 5.35. The molecule has 0 aliphatic carbocycles. The van der Waals surface area contributed by atoms with E-state index in [1.54, 1.807) is 17.5 Å². The lowest BCUT2D eigenvalue weighted by Gasteiger charge is -1.92. The Morgan fingerprint density at radius 3 is 3.00 bits per heavy atom. The SMILES string of the molecule is O=Cc1ccc(-c2csc3cccnc23)s1. The smallest absolute Gasteiger partial charge is 0.160 e. The summed E-state index contributed by atoms with van der Waals surface area (Å²) in [6.07, 6.45) is 2.68. The summed E-state index contributed by atoms with van der Waals surface area (Å²) in [5, 5.41) is 2.10. The molecule has 0 saturated heterocycles. The molecule has 0 saturated carbocycles. The van der Waals surface area contributed by atoms with Gasteiger partial charge in [-0.1, -0.05) is 0 Å². The van der Waals surface area contributed by atoms with Crippen molar-refractivity contribution in [1.29, 1.82) is 0 Å². The molecule has 0 bridgehead atoms. The Balaban J connectivity index is 2.21. The zero-order valence-electron chi connectivity index (χ0n) is 8.21. The zero-order valence-corrected chi connectivity index (χ0v) is 9.85. The van der Waals surface area contributed by atoms with Gasteiger partial charge in [0.05, 0.1) is 15.1 Å². The fourth-order valence-corrected chi connectivity index (χ4v) is 3.43. The van der Waals surface area contributed by atoms with E-state index in [-0.39, 0.29) is 0 Å². The normalized spacial score (nSPS) is 10.8. The van der Waals surface area contributed by atoms with Gasteiger partial charge in [-0.2, -0.15) is 0 Å². The summed E-state index contributed by atoms with van der Waals surface area (Å²) >= 11 is 3.19. The number of carbonyl (C=O) groups is 1. The van der Waals surface area contributed by atoms with Gasteiger partial charge in [-0.05, 0) is 24.3 Å². The van der Waals surface area contributed by atoms with E-state index < -0.39 is 0 Å². The van der Waals surface area contributed by atoms with Crippen LogP contribution in [0.25, 0.3) is 20.7 Å². The summed E-state index contributed by atoms with van der Waals surface area (Å²) in [7, 11) is 0. The fraction of sp³-hybridized carbons (Fsp3) is 0. The quantitative estimate of drug-likeness (QED) is 0.642. The maximum Gasteiger partial charge on any atom is 0.160 e. The number of aldehydes is 1. The second-order valence-electron chi connectivity index (χ2n) is 3.32. The van der Waals surface area contributed by atoms with Gasteiger partial charge in [0.2, 0.25) is 0 Å². The van der Waals surface area contributed by atoms with Crippen LogP contribution in [-0.2, 0) is 0 Å². The summed E-state index contributed by atoms with van der Waals surface area (Å²) < 4.78 is 1.18. The van der Waals surface area contributed by atoms with Gasteiger partial charge in [0, 0.05) is 22.0 Å². The number of hydrogen-bond acceptors (Lipinski definition) is 4. The summed E-state index contributed by atoms with van der Waals surface area (Å²) in [4.78, 5) is 16.9. The summed E-state index contributed by atoms with van der Waals surface area (Å²) in [6, 6.07) is 7.82. The van der Waals surface area contributed by atoms with E-state index in [4.69, 9.17) is 0 Å². The Kier molecular flexibility index (Phi) is 2.31. The second kappa shape index (κ2) is 3.81. The standard InChI is InChI=1S/C12H7NOS2/c14-6-8-3-4-10(16-8)9-7-15-11-2-1-5-13-12(9)11/h1-7H. The molecule has 0 amide bonds. The van der Waals surface area contributed by atoms with Crippen molar-refractivity contribution in [2.75, 3.05) is 0 Å². The summed E-state index contributed by atoms with van der Waals surface area (Å²) in [6.45, 7) is 0. The van der Waals surface area contributed by atoms with Crippen molar-refractivity contribution in [3.05, 3.63) is 40.7 Å². The molecule has 0 N–H and O–H groups in total. The Hall–Kier alpha value is -1.52. The first-order valence-electron chi connectivity index (χ1n) is 4.76. The molecule has 2 nitrogen and oxygen atoms in total. The molecule has 0 aliphatic heterocycles. The highest BCUT2D eigenvalue weighted by atomic mass is 32.1. The number of aromatic nitrogens is 1. The maximum atomic E-state index is 10.7. The Labute approximate surface area is 100 Å². The van der Waals surface area contributed by atoms with E-state index in [9.17, 15) is 4.79 Å². The third-order valence-electron chi connectivity index (χ3n) is 2.34. The molecule has 0 spiro atoms. The van der Waals surface area contributed by atoms with Crippen LogP contribution >= 0.6 is 22.7 Å². The minimum Gasteiger partial charge on any atom is -0.297 e. The van der Waals surface area contributed by atoms with Gasteiger partial charge in [0.1, 0.15) is 0 Å². The molecule has 0 aromatic carbocycles. The third-order valence-corrected chi connectivity index (χ3v) is 4.32. The Morgan fingerprint density at radius 1 is 1.25 bits per heavy atom. The van der Waals surface area contributed by atoms with Crippen molar-refractivity contribution in [2.24, 2.45) is 0 Å². The molecule has 4 heteroatoms. The first kappa shape index (κ1) is 9.69. The van der Waals surface area contributed by atoms with Crippen LogP contribution in [0.5, 0.6) is 0 Å². The number of carbonyl (C=O) groups excluding carboxylic acids is 1. The largest absolute Gasteiger partial charge is 0.297 e. The number of rotatable bonds is 2. The third kappa shape index (κ3) is 1.47. The molecule has 0 fully saturated rings. The average molecular weight is 245 g/mol. The molecule has 0 aliphatic rings. The maximum absolute atomic E-state index is 10.7. The number of nitrogens with zero attached hydrogens (tertiary/aromatic N) is 1. The van der Waals surface area contributed by atoms with Crippen molar-refractivity contribution in [2.45, 2.75) is 0 Å². The van der Waals surface area contributed by atoms with Gasteiger partial charge < -0.3 is 0 Å². The zero-order chi connectivity index (χ0) is 11.0. The van der Waals surface area contributed by atoms with Crippen LogP contribution < -0.4 is 0 Å². The highest BCUT2D eigenvalue weighted by Crippen LogP contribution is 2.35. The minimum atomic E-state index is 0.755. The molecule has 0 radical (unpaired) electrons. The lowest BCUT2D eigenvalue weighted by Crippen LogP contribution is -1.73. The summed E-state index contributed by atoms with van der Waals surface area (Å²) in [5.41, 5.74) is 2.14. The van der Waals surface area contributed by atoms with Gasteiger partial charge in [-0.25, -0.2) is 0 Å². The number of fused-ring (bicyclic) bond motifs is 1. The van der Waals surface area contributed by atoms with Gasteiger partial charge in [0.25, 0.3) is 0 Å². The first-order chi connectivity index (χ1) is 7.88. The average Bonchev–Trinajstić information content (AvgIpc) is 2.94. The predicted octanol–water partition coefficient (Wildman–Crippen LogP) is 3.84. The van der Waals surface area contributed by atoms with Crippen molar-refractivity contribution in [3.8, 4) is 10.4 Å². The number of hydrogen-bond donors (Lipinski definition) is 0. The minimum absolute atomic E-state index is 0.755. The Morgan fingerprint density at radius 2 is 2.19 bits per heavy atom. The molecule has 16 heavy (non-hydrogen) atoms. The van der Waals surface area contributed by atoms with Crippen molar-refractivity contribution >= 4 is 39.2 Å². The predicted molar refractivity (Wildman–Crippen MR) is 68.3 cm³/mol. The van der Waals surface area contributed by atoms with Crippen LogP contribution in [0.1, 0.15) is 9.67 Å². The molecule has 3 aromatic heterocycles. The van der Waals surface area contributed by atoms with Crippen molar-refractivity contribution in [1.82, 2.24) is 4.98 Å². The van der Waals surface area contributed by atoms with Crippen LogP contribution in [0.3, 0.4) is 0 Å². The fourth-order valence-electron chi connectivity index (χ4n) is 1.60. The van der Waals surface area contributed by atoms with E-state index in [0.29, 0.717) is 0 Å². The van der Waals surface area contributed by atoms with Crippen LogP contribution in [0.15, 0.2) is 35.8 Å². The molecule has 0 atom stereocenters. The van der Waals surface area contributed by atoms with Gasteiger partial charge in [0.15, 0.2) is 6.29 Å². The lowest BCUT2D eigenvalue weighted by molar-refractivity contribution is 0.112. The van der Waals surface area contributed by atoms with E-state index in [1.165, 1.54) is 16.0 Å². The van der Waals surface area contributed by atoms with Gasteiger partial charge in [-0.3, -0.25) is 9.78 Å². The molecule has 3 aromatic rings. The van der Waals surface area contributed by atoms with Crippen molar-refractivity contribution in [3.63, 3.8) is 0 Å². The molecule has 78 valence electrons.